The van der Waals surface area contributed by atoms with Crippen molar-refractivity contribution in [2.45, 2.75) is 13.8 Å². The summed E-state index contributed by atoms with van der Waals surface area (Å²) in [5.74, 6) is 0.936. The third kappa shape index (κ3) is 3.77. The summed E-state index contributed by atoms with van der Waals surface area (Å²) in [6.45, 7) is 9.11. The van der Waals surface area contributed by atoms with E-state index >= 15 is 0 Å². The molecule has 1 saturated heterocycles. The van der Waals surface area contributed by atoms with Gasteiger partial charge in [-0.25, -0.2) is 0 Å². The number of ether oxygens (including phenoxy) is 1. The molecule has 0 saturated carbocycles. The Balaban J connectivity index is 1.90. The Morgan fingerprint density at radius 1 is 1.22 bits per heavy atom. The fourth-order valence-electron chi connectivity index (χ4n) is 1.98. The van der Waals surface area contributed by atoms with E-state index in [2.05, 4.69) is 54.4 Å². The summed E-state index contributed by atoms with van der Waals surface area (Å²) in [5, 5.41) is 3.36. The molecule has 1 heterocycles. The van der Waals surface area contributed by atoms with Gasteiger partial charge in [-0.1, -0.05) is 5.57 Å². The maximum absolute atomic E-state index is 5.65. The second-order valence-corrected chi connectivity index (χ2v) is 4.82. The van der Waals surface area contributed by atoms with Crippen molar-refractivity contribution in [1.29, 1.82) is 0 Å². The molecule has 18 heavy (non-hydrogen) atoms. The molecule has 0 unspecified atom stereocenters. The Morgan fingerprint density at radius 3 is 2.50 bits per heavy atom. The van der Waals surface area contributed by atoms with E-state index in [-0.39, 0.29) is 0 Å². The van der Waals surface area contributed by atoms with Gasteiger partial charge >= 0.3 is 0 Å². The van der Waals surface area contributed by atoms with E-state index in [1.165, 1.54) is 11.3 Å². The monoisotopic (exact) mass is 246 g/mol. The average molecular weight is 246 g/mol. The molecular weight excluding hydrogens is 224 g/mol. The van der Waals surface area contributed by atoms with E-state index < -0.39 is 0 Å². The second kappa shape index (κ2) is 6.45. The molecule has 0 atom stereocenters. The molecule has 3 heteroatoms. The normalized spacial score (nSPS) is 15.3. The molecular formula is C15H22N2O. The number of allylic oxidation sites excluding steroid dienone is 1. The zero-order valence-corrected chi connectivity index (χ0v) is 11.3. The Kier molecular flexibility index (Phi) is 4.65. The highest BCUT2D eigenvalue weighted by atomic mass is 16.5. The first kappa shape index (κ1) is 13.0. The van der Waals surface area contributed by atoms with Crippen molar-refractivity contribution in [3.05, 3.63) is 35.9 Å². The number of nitrogens with one attached hydrogen (secondary N) is 1. The van der Waals surface area contributed by atoms with Gasteiger partial charge in [-0.15, -0.1) is 0 Å². The third-order valence-electron chi connectivity index (χ3n) is 3.06. The number of hydrogen-bond donors (Lipinski definition) is 1. The zero-order valence-electron chi connectivity index (χ0n) is 11.3. The lowest BCUT2D eigenvalue weighted by molar-refractivity contribution is 0.362. The molecule has 0 amide bonds. The van der Waals surface area contributed by atoms with Crippen LogP contribution < -0.4 is 15.0 Å². The molecule has 3 nitrogen and oxygen atoms in total. The molecule has 98 valence electrons. The van der Waals surface area contributed by atoms with Crippen molar-refractivity contribution in [2.24, 2.45) is 0 Å². The largest absolute Gasteiger partial charge is 0.490 e. The Labute approximate surface area is 109 Å². The molecule has 2 rings (SSSR count). The smallest absolute Gasteiger partial charge is 0.119 e. The summed E-state index contributed by atoms with van der Waals surface area (Å²) in [7, 11) is 0. The SMILES string of the molecule is CC(C)=CCOc1ccc(N2CCNCC2)cc1. The van der Waals surface area contributed by atoms with Gasteiger partial charge in [0.05, 0.1) is 0 Å². The van der Waals surface area contributed by atoms with Gasteiger partial charge in [0.15, 0.2) is 0 Å². The highest BCUT2D eigenvalue weighted by Gasteiger charge is 2.09. The van der Waals surface area contributed by atoms with Crippen LogP contribution in [0.5, 0.6) is 5.75 Å². The van der Waals surface area contributed by atoms with E-state index in [1.807, 2.05) is 0 Å². The van der Waals surface area contributed by atoms with Crippen molar-refractivity contribution in [2.75, 3.05) is 37.7 Å². The quantitative estimate of drug-likeness (QED) is 0.826. The zero-order chi connectivity index (χ0) is 12.8. The second-order valence-electron chi connectivity index (χ2n) is 4.82. The molecule has 0 bridgehead atoms. The first-order chi connectivity index (χ1) is 8.75. The molecule has 0 radical (unpaired) electrons. The first-order valence-corrected chi connectivity index (χ1v) is 6.57. The molecule has 1 N–H and O–H groups in total. The van der Waals surface area contributed by atoms with Crippen molar-refractivity contribution in [3.63, 3.8) is 0 Å². The highest BCUT2D eigenvalue weighted by Crippen LogP contribution is 2.19. The van der Waals surface area contributed by atoms with Gasteiger partial charge in [0, 0.05) is 31.9 Å². The van der Waals surface area contributed by atoms with Gasteiger partial charge in [0.1, 0.15) is 12.4 Å². The standard InChI is InChI=1S/C15H22N2O/c1-13(2)7-12-18-15-5-3-14(4-6-15)17-10-8-16-9-11-17/h3-7,16H,8-12H2,1-2H3. The van der Waals surface area contributed by atoms with Crippen molar-refractivity contribution in [3.8, 4) is 5.75 Å². The molecule has 1 aliphatic heterocycles. The van der Waals surface area contributed by atoms with Crippen LogP contribution in [0.15, 0.2) is 35.9 Å². The van der Waals surface area contributed by atoms with Gasteiger partial charge < -0.3 is 15.0 Å². The summed E-state index contributed by atoms with van der Waals surface area (Å²) < 4.78 is 5.65. The van der Waals surface area contributed by atoms with E-state index in [4.69, 9.17) is 4.74 Å². The van der Waals surface area contributed by atoms with Gasteiger partial charge in [-0.05, 0) is 44.2 Å². The van der Waals surface area contributed by atoms with Crippen LogP contribution in [-0.4, -0.2) is 32.8 Å². The fourth-order valence-corrected chi connectivity index (χ4v) is 1.98. The summed E-state index contributed by atoms with van der Waals surface area (Å²) in [6, 6.07) is 8.39. The molecule has 1 aromatic carbocycles. The number of anilines is 1. The molecule has 0 aliphatic carbocycles. The van der Waals surface area contributed by atoms with Crippen molar-refractivity contribution >= 4 is 5.69 Å². The van der Waals surface area contributed by atoms with Crippen LogP contribution in [0.25, 0.3) is 0 Å². The van der Waals surface area contributed by atoms with Crippen LogP contribution in [0, 0.1) is 0 Å². The molecule has 1 aromatic rings. The summed E-state index contributed by atoms with van der Waals surface area (Å²) >= 11 is 0. The number of benzene rings is 1. The molecule has 0 aromatic heterocycles. The van der Waals surface area contributed by atoms with Crippen LogP contribution in [0.1, 0.15) is 13.8 Å². The minimum absolute atomic E-state index is 0.648. The average Bonchev–Trinajstić information content (AvgIpc) is 2.40. The van der Waals surface area contributed by atoms with Gasteiger partial charge in [-0.3, -0.25) is 0 Å². The fraction of sp³-hybridized carbons (Fsp3) is 0.467. The summed E-state index contributed by atoms with van der Waals surface area (Å²) in [6.07, 6.45) is 2.09. The number of piperazine rings is 1. The predicted octanol–water partition coefficient (Wildman–Crippen LogP) is 2.44. The van der Waals surface area contributed by atoms with Gasteiger partial charge in [-0.2, -0.15) is 0 Å². The van der Waals surface area contributed by atoms with E-state index in [1.54, 1.807) is 0 Å². The van der Waals surface area contributed by atoms with Crippen molar-refractivity contribution in [1.82, 2.24) is 5.32 Å². The number of rotatable bonds is 4. The van der Waals surface area contributed by atoms with Crippen LogP contribution in [0.3, 0.4) is 0 Å². The minimum Gasteiger partial charge on any atom is -0.490 e. The lowest BCUT2D eigenvalue weighted by Crippen LogP contribution is -2.43. The van der Waals surface area contributed by atoms with E-state index in [0.29, 0.717) is 6.61 Å². The maximum atomic E-state index is 5.65. The molecule has 1 aliphatic rings. The van der Waals surface area contributed by atoms with Gasteiger partial charge in [0.2, 0.25) is 0 Å². The van der Waals surface area contributed by atoms with Crippen LogP contribution in [0.2, 0.25) is 0 Å². The number of nitrogens with zero attached hydrogens (tertiary/aromatic N) is 1. The predicted molar refractivity (Wildman–Crippen MR) is 76.5 cm³/mol. The molecule has 0 spiro atoms. The highest BCUT2D eigenvalue weighted by molar-refractivity contribution is 5.49. The lowest BCUT2D eigenvalue weighted by atomic mass is 10.2. The Hall–Kier alpha value is -1.48. The van der Waals surface area contributed by atoms with Crippen LogP contribution in [-0.2, 0) is 0 Å². The van der Waals surface area contributed by atoms with Crippen LogP contribution in [0.4, 0.5) is 5.69 Å². The Bertz CT molecular complexity index is 387. The van der Waals surface area contributed by atoms with E-state index in [0.717, 1.165) is 31.9 Å². The summed E-state index contributed by atoms with van der Waals surface area (Å²) in [5.41, 5.74) is 2.57. The number of hydrogen-bond acceptors (Lipinski definition) is 3. The topological polar surface area (TPSA) is 24.5 Å². The minimum atomic E-state index is 0.648. The first-order valence-electron chi connectivity index (χ1n) is 6.57. The maximum Gasteiger partial charge on any atom is 0.119 e. The van der Waals surface area contributed by atoms with E-state index in [9.17, 15) is 0 Å². The van der Waals surface area contributed by atoms with Crippen molar-refractivity contribution < 1.29 is 4.74 Å². The Morgan fingerprint density at radius 2 is 1.89 bits per heavy atom. The van der Waals surface area contributed by atoms with Gasteiger partial charge in [0.25, 0.3) is 0 Å². The molecule has 1 fully saturated rings. The third-order valence-corrected chi connectivity index (χ3v) is 3.06. The van der Waals surface area contributed by atoms with Crippen LogP contribution >= 0.6 is 0 Å². The lowest BCUT2D eigenvalue weighted by Gasteiger charge is -2.29. The summed E-state index contributed by atoms with van der Waals surface area (Å²) in [4.78, 5) is 2.40.